The molecule has 0 aromatic heterocycles. The molecule has 4 nitrogen and oxygen atoms in total. The van der Waals surface area contributed by atoms with Crippen molar-refractivity contribution in [2.45, 2.75) is 58.0 Å². The average molecular weight is 232 g/mol. The van der Waals surface area contributed by atoms with Crippen molar-refractivity contribution in [3.63, 3.8) is 0 Å². The fourth-order valence-corrected chi connectivity index (χ4v) is 1.68. The maximum atomic E-state index is 9.00. The van der Waals surface area contributed by atoms with Gasteiger partial charge in [0.15, 0.2) is 6.29 Å². The lowest BCUT2D eigenvalue weighted by molar-refractivity contribution is -0.230. The Labute approximate surface area is 97.9 Å². The first-order valence-electron chi connectivity index (χ1n) is 6.25. The van der Waals surface area contributed by atoms with Crippen LogP contribution in [0.2, 0.25) is 0 Å². The summed E-state index contributed by atoms with van der Waals surface area (Å²) in [4.78, 5) is 0. The van der Waals surface area contributed by atoms with Crippen LogP contribution in [0.1, 0.15) is 39.5 Å². The predicted octanol–water partition coefficient (Wildman–Crippen LogP) is 1.71. The Balaban J connectivity index is 2.14. The molecule has 0 spiro atoms. The molecule has 0 aromatic rings. The van der Waals surface area contributed by atoms with E-state index in [9.17, 15) is 0 Å². The molecule has 0 radical (unpaired) electrons. The lowest BCUT2D eigenvalue weighted by Crippen LogP contribution is -2.36. The fraction of sp³-hybridized carbons (Fsp3) is 1.00. The second-order valence-corrected chi connectivity index (χ2v) is 4.30. The minimum Gasteiger partial charge on any atom is -0.394 e. The van der Waals surface area contributed by atoms with Crippen molar-refractivity contribution >= 4 is 0 Å². The maximum absolute atomic E-state index is 9.00. The van der Waals surface area contributed by atoms with Gasteiger partial charge in [0.2, 0.25) is 0 Å². The van der Waals surface area contributed by atoms with Crippen LogP contribution in [0.15, 0.2) is 0 Å². The van der Waals surface area contributed by atoms with Crippen LogP contribution in [-0.2, 0) is 14.2 Å². The number of hydrogen-bond acceptors (Lipinski definition) is 4. The summed E-state index contributed by atoms with van der Waals surface area (Å²) in [7, 11) is 0. The molecule has 0 amide bonds. The third-order valence-corrected chi connectivity index (χ3v) is 2.72. The van der Waals surface area contributed by atoms with Gasteiger partial charge in [-0.05, 0) is 19.8 Å². The number of ether oxygens (including phenoxy) is 3. The van der Waals surface area contributed by atoms with Gasteiger partial charge >= 0.3 is 0 Å². The normalized spacial score (nSPS) is 27.9. The molecular formula is C12H24O4. The zero-order valence-electron chi connectivity index (χ0n) is 10.4. The summed E-state index contributed by atoms with van der Waals surface area (Å²) in [5.74, 6) is 0. The standard InChI is InChI=1S/C12H24O4/c1-3-4-6-14-10(2)8-12-15-7-5-11(9-13)16-12/h10-13H,3-9H2,1-2H3/t10?,11-,12-/m0/s1. The van der Waals surface area contributed by atoms with Gasteiger partial charge in [0.25, 0.3) is 0 Å². The van der Waals surface area contributed by atoms with Crippen LogP contribution in [0.25, 0.3) is 0 Å². The summed E-state index contributed by atoms with van der Waals surface area (Å²) in [5, 5.41) is 9.00. The Hall–Kier alpha value is -0.160. The number of unbranched alkanes of at least 4 members (excludes halogenated alkanes) is 1. The number of aliphatic hydroxyl groups excluding tert-OH is 1. The first-order valence-corrected chi connectivity index (χ1v) is 6.25. The van der Waals surface area contributed by atoms with Crippen LogP contribution in [0.5, 0.6) is 0 Å². The van der Waals surface area contributed by atoms with Crippen molar-refractivity contribution in [3.8, 4) is 0 Å². The quantitative estimate of drug-likeness (QED) is 0.679. The summed E-state index contributed by atoms with van der Waals surface area (Å²) < 4.78 is 16.7. The van der Waals surface area contributed by atoms with E-state index in [1.54, 1.807) is 0 Å². The summed E-state index contributed by atoms with van der Waals surface area (Å²) in [6.07, 6.45) is 3.61. The van der Waals surface area contributed by atoms with Gasteiger partial charge < -0.3 is 19.3 Å². The van der Waals surface area contributed by atoms with E-state index in [0.29, 0.717) is 6.61 Å². The van der Waals surface area contributed by atoms with Gasteiger partial charge in [-0.15, -0.1) is 0 Å². The second-order valence-electron chi connectivity index (χ2n) is 4.30. The molecule has 1 fully saturated rings. The SMILES string of the molecule is CCCCOC(C)C[C@H]1OCC[C@@H](CO)O1. The Morgan fingerprint density at radius 2 is 2.31 bits per heavy atom. The Morgan fingerprint density at radius 1 is 1.50 bits per heavy atom. The van der Waals surface area contributed by atoms with Crippen LogP contribution in [-0.4, -0.2) is 43.4 Å². The minimum absolute atomic E-state index is 0.0680. The molecule has 0 aliphatic carbocycles. The lowest BCUT2D eigenvalue weighted by Gasteiger charge is -2.30. The van der Waals surface area contributed by atoms with E-state index in [0.717, 1.165) is 32.3 Å². The lowest BCUT2D eigenvalue weighted by atomic mass is 10.2. The number of hydrogen-bond donors (Lipinski definition) is 1. The Morgan fingerprint density at radius 3 is 3.00 bits per heavy atom. The first kappa shape index (κ1) is 13.9. The average Bonchev–Trinajstić information content (AvgIpc) is 2.29. The third kappa shape index (κ3) is 5.25. The zero-order chi connectivity index (χ0) is 11.8. The molecule has 3 atom stereocenters. The fourth-order valence-electron chi connectivity index (χ4n) is 1.68. The summed E-state index contributed by atoms with van der Waals surface area (Å²) in [6, 6.07) is 0. The molecule has 0 aromatic carbocycles. The second kappa shape index (κ2) is 8.01. The van der Waals surface area contributed by atoms with Gasteiger partial charge in [0, 0.05) is 13.0 Å². The molecule has 1 aliphatic rings. The first-order chi connectivity index (χ1) is 7.76. The van der Waals surface area contributed by atoms with E-state index in [4.69, 9.17) is 19.3 Å². The van der Waals surface area contributed by atoms with Crippen LogP contribution >= 0.6 is 0 Å². The molecule has 0 bridgehead atoms. The predicted molar refractivity (Wildman–Crippen MR) is 61.3 cm³/mol. The van der Waals surface area contributed by atoms with E-state index in [1.165, 1.54) is 0 Å². The van der Waals surface area contributed by atoms with Gasteiger partial charge in [-0.25, -0.2) is 0 Å². The highest BCUT2D eigenvalue weighted by Crippen LogP contribution is 2.17. The van der Waals surface area contributed by atoms with Gasteiger partial charge in [0.05, 0.1) is 25.4 Å². The molecule has 1 aliphatic heterocycles. The van der Waals surface area contributed by atoms with Crippen LogP contribution in [0.3, 0.4) is 0 Å². The number of rotatable bonds is 7. The summed E-state index contributed by atoms with van der Waals surface area (Å²) in [6.45, 7) is 5.72. The largest absolute Gasteiger partial charge is 0.394 e. The van der Waals surface area contributed by atoms with Crippen molar-refractivity contribution in [2.24, 2.45) is 0 Å². The van der Waals surface area contributed by atoms with E-state index in [1.807, 2.05) is 6.92 Å². The molecule has 1 N–H and O–H groups in total. The van der Waals surface area contributed by atoms with Gasteiger partial charge in [-0.3, -0.25) is 0 Å². The number of aliphatic hydroxyl groups is 1. The van der Waals surface area contributed by atoms with E-state index in [2.05, 4.69) is 6.92 Å². The molecule has 1 saturated heterocycles. The zero-order valence-corrected chi connectivity index (χ0v) is 10.4. The van der Waals surface area contributed by atoms with E-state index >= 15 is 0 Å². The van der Waals surface area contributed by atoms with Crippen molar-refractivity contribution in [1.82, 2.24) is 0 Å². The Kier molecular flexibility index (Phi) is 6.96. The monoisotopic (exact) mass is 232 g/mol. The van der Waals surface area contributed by atoms with E-state index < -0.39 is 0 Å². The molecule has 16 heavy (non-hydrogen) atoms. The minimum atomic E-state index is -0.220. The molecule has 0 saturated carbocycles. The van der Waals surface area contributed by atoms with Crippen molar-refractivity contribution in [2.75, 3.05) is 19.8 Å². The van der Waals surface area contributed by atoms with Crippen LogP contribution < -0.4 is 0 Å². The molecule has 96 valence electrons. The molecule has 1 unspecified atom stereocenters. The van der Waals surface area contributed by atoms with Crippen LogP contribution in [0, 0.1) is 0 Å². The summed E-state index contributed by atoms with van der Waals surface area (Å²) in [5.41, 5.74) is 0. The highest BCUT2D eigenvalue weighted by molar-refractivity contribution is 4.65. The highest BCUT2D eigenvalue weighted by Gasteiger charge is 2.24. The topological polar surface area (TPSA) is 47.9 Å². The Bertz CT molecular complexity index is 174. The molecule has 1 rings (SSSR count). The molecule has 4 heteroatoms. The van der Waals surface area contributed by atoms with Crippen molar-refractivity contribution in [1.29, 1.82) is 0 Å². The van der Waals surface area contributed by atoms with Crippen molar-refractivity contribution < 1.29 is 19.3 Å². The van der Waals surface area contributed by atoms with Gasteiger partial charge in [-0.2, -0.15) is 0 Å². The maximum Gasteiger partial charge on any atom is 0.160 e. The van der Waals surface area contributed by atoms with Gasteiger partial charge in [0.1, 0.15) is 0 Å². The van der Waals surface area contributed by atoms with Crippen molar-refractivity contribution in [3.05, 3.63) is 0 Å². The smallest absolute Gasteiger partial charge is 0.160 e. The molecule has 1 heterocycles. The van der Waals surface area contributed by atoms with Crippen LogP contribution in [0.4, 0.5) is 0 Å². The molecular weight excluding hydrogens is 208 g/mol. The summed E-state index contributed by atoms with van der Waals surface area (Å²) >= 11 is 0. The highest BCUT2D eigenvalue weighted by atomic mass is 16.7. The van der Waals surface area contributed by atoms with Gasteiger partial charge in [-0.1, -0.05) is 13.3 Å². The third-order valence-electron chi connectivity index (χ3n) is 2.72. The van der Waals surface area contributed by atoms with E-state index in [-0.39, 0.29) is 25.1 Å².